The Morgan fingerprint density at radius 2 is 1.68 bits per heavy atom. The number of amides is 3. The molecule has 8 nitrogen and oxygen atoms in total. The van der Waals surface area contributed by atoms with E-state index >= 15 is 0 Å². The largest absolute Gasteiger partial charge is 0.496 e. The van der Waals surface area contributed by atoms with E-state index in [-0.39, 0.29) is 29.1 Å². The number of halogens is 1. The summed E-state index contributed by atoms with van der Waals surface area (Å²) in [6.07, 6.45) is 0. The normalized spacial score (nSPS) is 19.6. The van der Waals surface area contributed by atoms with E-state index < -0.39 is 17.1 Å². The van der Waals surface area contributed by atoms with Gasteiger partial charge in [-0.2, -0.15) is 0 Å². The van der Waals surface area contributed by atoms with Gasteiger partial charge in [0, 0.05) is 26.5 Å². The second-order valence-corrected chi connectivity index (χ2v) is 12.8. The molecule has 6 rings (SSSR count). The number of thioether (sulfide) groups is 1. The first-order valence-electron chi connectivity index (χ1n) is 12.8. The molecule has 3 heterocycles. The molecule has 208 valence electrons. The van der Waals surface area contributed by atoms with E-state index in [1.807, 2.05) is 43.3 Å². The van der Waals surface area contributed by atoms with Crippen LogP contribution in [0.3, 0.4) is 0 Å². The molecule has 11 heteroatoms. The van der Waals surface area contributed by atoms with Crippen molar-refractivity contribution >= 4 is 68.1 Å². The van der Waals surface area contributed by atoms with E-state index in [2.05, 4.69) is 21.2 Å². The number of hydrogen-bond acceptors (Lipinski definition) is 7. The number of rotatable bonds is 6. The number of hydrogen-bond donors (Lipinski definition) is 1. The minimum absolute atomic E-state index is 0.222. The van der Waals surface area contributed by atoms with Crippen LogP contribution in [0, 0.1) is 12.8 Å². The van der Waals surface area contributed by atoms with Crippen LogP contribution in [0.2, 0.25) is 0 Å². The first kappa shape index (κ1) is 27.5. The molecule has 1 aromatic heterocycles. The average Bonchev–Trinajstić information content (AvgIpc) is 3.41. The summed E-state index contributed by atoms with van der Waals surface area (Å²) in [5.74, 6) is -1.85. The van der Waals surface area contributed by atoms with Crippen molar-refractivity contribution in [1.82, 2.24) is 4.57 Å². The van der Waals surface area contributed by atoms with E-state index in [1.54, 1.807) is 43.5 Å². The van der Waals surface area contributed by atoms with Gasteiger partial charge in [0.2, 0.25) is 17.7 Å². The molecule has 0 bridgehead atoms. The number of nitrogens with zero attached hydrogens (tertiary/aromatic N) is 2. The van der Waals surface area contributed by atoms with Gasteiger partial charge in [-0.15, -0.1) is 0 Å². The third kappa shape index (κ3) is 4.81. The van der Waals surface area contributed by atoms with Crippen molar-refractivity contribution in [1.29, 1.82) is 0 Å². The Morgan fingerprint density at radius 3 is 2.41 bits per heavy atom. The highest BCUT2D eigenvalue weighted by Crippen LogP contribution is 2.55. The summed E-state index contributed by atoms with van der Waals surface area (Å²) in [6, 6.07) is 21.8. The zero-order valence-corrected chi connectivity index (χ0v) is 25.2. The lowest BCUT2D eigenvalue weighted by atomic mass is 9.82. The van der Waals surface area contributed by atoms with Crippen LogP contribution in [0.25, 0.3) is 0 Å². The lowest BCUT2D eigenvalue weighted by Crippen LogP contribution is -2.33. The number of aryl methyl sites for hydroxylation is 1. The summed E-state index contributed by atoms with van der Waals surface area (Å²) >= 11 is 5.59. The Labute approximate surface area is 252 Å². The Bertz CT molecular complexity index is 1750. The van der Waals surface area contributed by atoms with Crippen LogP contribution in [0.15, 0.2) is 87.1 Å². The zero-order chi connectivity index (χ0) is 28.8. The third-order valence-electron chi connectivity index (χ3n) is 7.33. The van der Waals surface area contributed by atoms with E-state index in [1.165, 1.54) is 21.2 Å². The molecule has 2 aliphatic heterocycles. The van der Waals surface area contributed by atoms with Crippen LogP contribution in [0.5, 0.6) is 5.75 Å². The summed E-state index contributed by atoms with van der Waals surface area (Å²) < 4.78 is 7.90. The number of para-hydroxylation sites is 2. The number of imide groups is 1. The highest BCUT2D eigenvalue weighted by atomic mass is 79.9. The number of aromatic nitrogens is 1. The first-order valence-corrected chi connectivity index (χ1v) is 15.3. The van der Waals surface area contributed by atoms with Crippen molar-refractivity contribution in [2.45, 2.75) is 29.7 Å². The lowest BCUT2D eigenvalue weighted by Gasteiger charge is -2.31. The number of nitrogens with one attached hydrogen (secondary N) is 1. The minimum Gasteiger partial charge on any atom is -0.496 e. The van der Waals surface area contributed by atoms with Gasteiger partial charge in [-0.3, -0.25) is 23.7 Å². The van der Waals surface area contributed by atoms with Crippen molar-refractivity contribution < 1.29 is 19.1 Å². The lowest BCUT2D eigenvalue weighted by molar-refractivity contribution is -0.122. The van der Waals surface area contributed by atoms with Crippen molar-refractivity contribution in [3.8, 4) is 5.75 Å². The number of carbonyl (C=O) groups is 3. The van der Waals surface area contributed by atoms with Crippen LogP contribution in [0.4, 0.5) is 11.4 Å². The van der Waals surface area contributed by atoms with Gasteiger partial charge in [0.05, 0.1) is 23.7 Å². The van der Waals surface area contributed by atoms with Gasteiger partial charge in [-0.05, 0) is 48.9 Å². The molecule has 1 saturated heterocycles. The number of methoxy groups -OCH3 is 1. The Morgan fingerprint density at radius 1 is 0.976 bits per heavy atom. The van der Waals surface area contributed by atoms with Gasteiger partial charge in [-0.1, -0.05) is 75.4 Å². The Kier molecular flexibility index (Phi) is 7.35. The molecule has 4 aromatic rings. The first-order chi connectivity index (χ1) is 19.8. The predicted molar refractivity (Wildman–Crippen MR) is 163 cm³/mol. The van der Waals surface area contributed by atoms with Crippen molar-refractivity contribution in [3.63, 3.8) is 0 Å². The summed E-state index contributed by atoms with van der Waals surface area (Å²) in [4.78, 5) is 55.9. The molecule has 0 aliphatic carbocycles. The molecule has 41 heavy (non-hydrogen) atoms. The molecule has 2 aliphatic rings. The molecule has 3 atom stereocenters. The summed E-state index contributed by atoms with van der Waals surface area (Å²) in [5.41, 5.74) is 2.76. The fraction of sp³-hybridized carbons (Fsp3) is 0.200. The molecule has 3 unspecified atom stereocenters. The highest BCUT2D eigenvalue weighted by molar-refractivity contribution is 9.10. The third-order valence-corrected chi connectivity index (χ3v) is 10.5. The van der Waals surface area contributed by atoms with E-state index in [0.29, 0.717) is 32.6 Å². The maximum atomic E-state index is 14.0. The van der Waals surface area contributed by atoms with Crippen LogP contribution in [-0.2, 0) is 20.9 Å². The van der Waals surface area contributed by atoms with Gasteiger partial charge in [-0.25, -0.2) is 4.90 Å². The molecule has 1 N–H and O–H groups in total. The topological polar surface area (TPSA) is 97.7 Å². The van der Waals surface area contributed by atoms with Crippen LogP contribution in [0.1, 0.15) is 21.9 Å². The number of anilines is 2. The second kappa shape index (κ2) is 11.0. The molecular formula is C30H24BrN3O5S2. The molecule has 0 spiro atoms. The average molecular weight is 651 g/mol. The summed E-state index contributed by atoms with van der Waals surface area (Å²) in [7, 11) is 1.55. The monoisotopic (exact) mass is 649 g/mol. The number of benzene rings is 3. The van der Waals surface area contributed by atoms with Gasteiger partial charge in [0.1, 0.15) is 17.5 Å². The number of thiazole rings is 1. The SMILES string of the molecule is COc1ccccc1C1c2sc(=O)n(CC(=O)Nc3ccccc3C)c2SC2C(=O)N(c3ccc(Br)cc3)C(=O)C21. The zero-order valence-electron chi connectivity index (χ0n) is 22.0. The molecule has 0 saturated carbocycles. The fourth-order valence-electron chi connectivity index (χ4n) is 5.40. The highest BCUT2D eigenvalue weighted by Gasteiger charge is 2.57. The van der Waals surface area contributed by atoms with Crippen LogP contribution >= 0.6 is 39.0 Å². The maximum Gasteiger partial charge on any atom is 0.308 e. The Hall–Kier alpha value is -3.67. The molecular weight excluding hydrogens is 626 g/mol. The van der Waals surface area contributed by atoms with Crippen molar-refractivity contribution in [2.24, 2.45) is 5.92 Å². The molecule has 1 fully saturated rings. The predicted octanol–water partition coefficient (Wildman–Crippen LogP) is 5.42. The standard InChI is InChI=1S/C30H24BrN3O5S2/c1-16-7-3-5-9-20(16)32-22(35)15-33-29-26(41-30(33)38)23(19-8-4-6-10-21(19)39-2)24-25(40-29)28(37)34(27(24)36)18-13-11-17(31)12-14-18/h3-14,23-25H,15H2,1-2H3,(H,32,35). The summed E-state index contributed by atoms with van der Waals surface area (Å²) in [6.45, 7) is 1.67. The molecule has 3 aromatic carbocycles. The van der Waals surface area contributed by atoms with Gasteiger partial charge in [0.25, 0.3) is 0 Å². The van der Waals surface area contributed by atoms with Crippen LogP contribution < -0.4 is 19.8 Å². The maximum absolute atomic E-state index is 14.0. The van der Waals surface area contributed by atoms with Crippen molar-refractivity contribution in [2.75, 3.05) is 17.3 Å². The second-order valence-electron chi connectivity index (χ2n) is 9.76. The number of ether oxygens (including phenoxy) is 1. The van der Waals surface area contributed by atoms with E-state index in [4.69, 9.17) is 4.74 Å². The van der Waals surface area contributed by atoms with Gasteiger partial charge in [0.15, 0.2) is 0 Å². The van der Waals surface area contributed by atoms with Crippen molar-refractivity contribution in [3.05, 3.63) is 103 Å². The quantitative estimate of drug-likeness (QED) is 0.280. The Balaban J connectivity index is 1.44. The number of carbonyl (C=O) groups excluding carboxylic acids is 3. The van der Waals surface area contributed by atoms with Gasteiger partial charge < -0.3 is 10.1 Å². The minimum atomic E-state index is -0.784. The summed E-state index contributed by atoms with van der Waals surface area (Å²) in [5, 5.41) is 2.62. The van der Waals surface area contributed by atoms with E-state index in [9.17, 15) is 19.2 Å². The smallest absolute Gasteiger partial charge is 0.308 e. The number of fused-ring (bicyclic) bond motifs is 2. The van der Waals surface area contributed by atoms with Crippen LogP contribution in [-0.4, -0.2) is 34.6 Å². The molecule has 3 amide bonds. The van der Waals surface area contributed by atoms with Gasteiger partial charge >= 0.3 is 4.87 Å². The van der Waals surface area contributed by atoms with E-state index in [0.717, 1.165) is 21.4 Å². The molecule has 0 radical (unpaired) electrons. The fourth-order valence-corrected chi connectivity index (χ4v) is 8.43.